The van der Waals surface area contributed by atoms with Crippen molar-refractivity contribution >= 4 is 11.9 Å². The molecule has 1 unspecified atom stereocenters. The summed E-state index contributed by atoms with van der Waals surface area (Å²) >= 11 is 0. The topological polar surface area (TPSA) is 76.1 Å². The van der Waals surface area contributed by atoms with Gasteiger partial charge in [0.15, 0.2) is 0 Å². The van der Waals surface area contributed by atoms with Crippen molar-refractivity contribution in [2.45, 2.75) is 33.6 Å². The van der Waals surface area contributed by atoms with Crippen LogP contribution in [0, 0.1) is 11.3 Å². The van der Waals surface area contributed by atoms with Crippen molar-refractivity contribution in [1.82, 2.24) is 4.90 Å². The Hall–Kier alpha value is -1.14. The van der Waals surface area contributed by atoms with E-state index in [4.69, 9.17) is 14.6 Å². The van der Waals surface area contributed by atoms with E-state index >= 15 is 0 Å². The van der Waals surface area contributed by atoms with Crippen molar-refractivity contribution in [2.24, 2.45) is 11.3 Å². The molecule has 0 rings (SSSR count). The normalized spacial score (nSPS) is 13.1. The van der Waals surface area contributed by atoms with Crippen LogP contribution >= 0.6 is 0 Å². The Morgan fingerprint density at radius 1 is 1.19 bits per heavy atom. The molecule has 0 aliphatic heterocycles. The largest absolute Gasteiger partial charge is 0.464 e. The van der Waals surface area contributed by atoms with Crippen LogP contribution in [0.2, 0.25) is 0 Å². The van der Waals surface area contributed by atoms with E-state index < -0.39 is 11.4 Å². The van der Waals surface area contributed by atoms with Crippen LogP contribution in [0.4, 0.5) is 0 Å². The Balaban J connectivity index is 4.45. The predicted molar refractivity (Wildman–Crippen MR) is 79.7 cm³/mol. The predicted octanol–water partition coefficient (Wildman–Crippen LogP) is 1.07. The first-order valence-electron chi connectivity index (χ1n) is 7.34. The van der Waals surface area contributed by atoms with Crippen LogP contribution in [0.5, 0.6) is 0 Å². The molecule has 0 radical (unpaired) electrons. The summed E-state index contributed by atoms with van der Waals surface area (Å²) in [6.45, 7) is 6.16. The number of likely N-dealkylation sites (N-methyl/N-ethyl adjacent to an activating group) is 1. The minimum atomic E-state index is -0.781. The molecule has 0 aromatic rings. The van der Waals surface area contributed by atoms with Gasteiger partial charge in [-0.1, -0.05) is 6.92 Å². The molecular weight excluding hydrogens is 274 g/mol. The van der Waals surface area contributed by atoms with Crippen LogP contribution in [0.15, 0.2) is 0 Å². The lowest BCUT2D eigenvalue weighted by molar-refractivity contribution is -0.158. The summed E-state index contributed by atoms with van der Waals surface area (Å²) in [7, 11) is 3.82. The molecule has 0 fully saturated rings. The van der Waals surface area contributed by atoms with E-state index in [1.54, 1.807) is 13.8 Å². The van der Waals surface area contributed by atoms with Crippen molar-refractivity contribution in [3.63, 3.8) is 0 Å². The number of ether oxygens (including phenoxy) is 2. The van der Waals surface area contributed by atoms with Crippen molar-refractivity contribution < 1.29 is 24.2 Å². The maximum atomic E-state index is 12.0. The van der Waals surface area contributed by atoms with Crippen molar-refractivity contribution in [3.8, 4) is 0 Å². The van der Waals surface area contributed by atoms with Crippen LogP contribution in [-0.4, -0.2) is 62.4 Å². The molecule has 0 heterocycles. The number of carbonyl (C=O) groups excluding carboxylic acids is 2. The standard InChI is InChI=1S/C15H29NO5/c1-6-12(13(18)20-9-7-16(4)5)11-15(2,3)14(19)21-10-8-17/h12,17H,6-11H2,1-5H3. The summed E-state index contributed by atoms with van der Waals surface area (Å²) in [6, 6.07) is 0. The molecule has 0 aromatic heterocycles. The summed E-state index contributed by atoms with van der Waals surface area (Å²) in [6.07, 6.45) is 0.978. The van der Waals surface area contributed by atoms with E-state index in [0.29, 0.717) is 26.0 Å². The van der Waals surface area contributed by atoms with E-state index in [0.717, 1.165) is 0 Å². The zero-order chi connectivity index (χ0) is 16.5. The minimum absolute atomic E-state index is 0.0215. The third-order valence-corrected chi connectivity index (χ3v) is 3.24. The van der Waals surface area contributed by atoms with Crippen molar-refractivity contribution in [3.05, 3.63) is 0 Å². The number of aliphatic hydroxyl groups excluding tert-OH is 1. The number of carbonyl (C=O) groups is 2. The first kappa shape index (κ1) is 19.9. The van der Waals surface area contributed by atoms with Crippen LogP contribution in [0.25, 0.3) is 0 Å². The van der Waals surface area contributed by atoms with Crippen LogP contribution < -0.4 is 0 Å². The van der Waals surface area contributed by atoms with Gasteiger partial charge in [0.1, 0.15) is 13.2 Å². The SMILES string of the molecule is CCC(CC(C)(C)C(=O)OCCO)C(=O)OCCN(C)C. The first-order chi connectivity index (χ1) is 9.74. The fraction of sp³-hybridized carbons (Fsp3) is 0.867. The molecule has 6 nitrogen and oxygen atoms in total. The fourth-order valence-electron chi connectivity index (χ4n) is 1.87. The average molecular weight is 303 g/mol. The van der Waals surface area contributed by atoms with Gasteiger partial charge in [-0.2, -0.15) is 0 Å². The van der Waals surface area contributed by atoms with Crippen molar-refractivity contribution in [2.75, 3.05) is 40.5 Å². The summed E-state index contributed by atoms with van der Waals surface area (Å²) in [5.74, 6) is -1.01. The van der Waals surface area contributed by atoms with Crippen LogP contribution in [0.1, 0.15) is 33.6 Å². The fourth-order valence-corrected chi connectivity index (χ4v) is 1.87. The van der Waals surface area contributed by atoms with E-state index in [1.807, 2.05) is 25.9 Å². The van der Waals surface area contributed by atoms with E-state index in [2.05, 4.69) is 0 Å². The Bertz CT molecular complexity index is 328. The van der Waals surface area contributed by atoms with Gasteiger partial charge in [0.25, 0.3) is 0 Å². The third-order valence-electron chi connectivity index (χ3n) is 3.24. The second kappa shape index (κ2) is 9.73. The van der Waals surface area contributed by atoms with Gasteiger partial charge in [-0.15, -0.1) is 0 Å². The van der Waals surface area contributed by atoms with Crippen LogP contribution in [-0.2, 0) is 19.1 Å². The monoisotopic (exact) mass is 303 g/mol. The van der Waals surface area contributed by atoms with Gasteiger partial charge in [-0.3, -0.25) is 9.59 Å². The summed E-state index contributed by atoms with van der Waals surface area (Å²) in [5, 5.41) is 8.68. The third kappa shape index (κ3) is 8.02. The van der Waals surface area contributed by atoms with Gasteiger partial charge >= 0.3 is 11.9 Å². The lowest BCUT2D eigenvalue weighted by Crippen LogP contribution is -2.33. The molecule has 0 spiro atoms. The highest BCUT2D eigenvalue weighted by molar-refractivity contribution is 5.78. The number of esters is 2. The van der Waals surface area contributed by atoms with E-state index in [9.17, 15) is 9.59 Å². The molecule has 21 heavy (non-hydrogen) atoms. The quantitative estimate of drug-likeness (QED) is 0.608. The van der Waals surface area contributed by atoms with E-state index in [-0.39, 0.29) is 25.1 Å². The minimum Gasteiger partial charge on any atom is -0.464 e. The van der Waals surface area contributed by atoms with Gasteiger partial charge in [-0.05, 0) is 40.8 Å². The second-order valence-corrected chi connectivity index (χ2v) is 6.02. The van der Waals surface area contributed by atoms with Gasteiger partial charge < -0.3 is 19.5 Å². The number of rotatable bonds is 10. The molecule has 0 aromatic carbocycles. The molecule has 0 bridgehead atoms. The molecular formula is C15H29NO5. The zero-order valence-electron chi connectivity index (χ0n) is 13.8. The molecule has 6 heteroatoms. The Labute approximate surface area is 127 Å². The first-order valence-corrected chi connectivity index (χ1v) is 7.34. The highest BCUT2D eigenvalue weighted by Gasteiger charge is 2.35. The lowest BCUT2D eigenvalue weighted by atomic mass is 9.81. The highest BCUT2D eigenvalue weighted by Crippen LogP contribution is 2.29. The number of hydrogen-bond acceptors (Lipinski definition) is 6. The van der Waals surface area contributed by atoms with Crippen molar-refractivity contribution in [1.29, 1.82) is 0 Å². The molecule has 0 aliphatic rings. The molecule has 124 valence electrons. The summed E-state index contributed by atoms with van der Waals surface area (Å²) in [5.41, 5.74) is -0.781. The Morgan fingerprint density at radius 2 is 1.81 bits per heavy atom. The molecule has 1 N–H and O–H groups in total. The van der Waals surface area contributed by atoms with Gasteiger partial charge in [-0.25, -0.2) is 0 Å². The Morgan fingerprint density at radius 3 is 2.29 bits per heavy atom. The Kier molecular flexibility index (Phi) is 9.21. The molecule has 0 saturated heterocycles. The van der Waals surface area contributed by atoms with E-state index in [1.165, 1.54) is 0 Å². The summed E-state index contributed by atoms with van der Waals surface area (Å²) in [4.78, 5) is 25.9. The molecule has 0 saturated carbocycles. The van der Waals surface area contributed by atoms with Gasteiger partial charge in [0.05, 0.1) is 17.9 Å². The molecule has 0 amide bonds. The number of aliphatic hydroxyl groups is 1. The maximum Gasteiger partial charge on any atom is 0.311 e. The number of hydrogen-bond donors (Lipinski definition) is 1. The second-order valence-electron chi connectivity index (χ2n) is 6.02. The highest BCUT2D eigenvalue weighted by atomic mass is 16.5. The smallest absolute Gasteiger partial charge is 0.311 e. The van der Waals surface area contributed by atoms with Gasteiger partial charge in [0, 0.05) is 6.54 Å². The summed E-state index contributed by atoms with van der Waals surface area (Å²) < 4.78 is 10.2. The average Bonchev–Trinajstić information content (AvgIpc) is 2.41. The zero-order valence-corrected chi connectivity index (χ0v) is 13.8. The molecule has 0 aliphatic carbocycles. The maximum absolute atomic E-state index is 12.0. The van der Waals surface area contributed by atoms with Crippen LogP contribution in [0.3, 0.4) is 0 Å². The van der Waals surface area contributed by atoms with Gasteiger partial charge in [0.2, 0.25) is 0 Å². The number of nitrogens with zero attached hydrogens (tertiary/aromatic N) is 1. The lowest BCUT2D eigenvalue weighted by Gasteiger charge is -2.26. The molecule has 1 atom stereocenters.